The van der Waals surface area contributed by atoms with Crippen LogP contribution in [-0.4, -0.2) is 26.9 Å². The number of halogens is 3. The first kappa shape index (κ1) is 18.5. The maximum absolute atomic E-state index is 12.3. The highest BCUT2D eigenvalue weighted by atomic mass is 19.4. The van der Waals surface area contributed by atoms with Gasteiger partial charge in [-0.1, -0.05) is 24.3 Å². The van der Waals surface area contributed by atoms with E-state index >= 15 is 0 Å². The zero-order valence-corrected chi connectivity index (χ0v) is 14.7. The van der Waals surface area contributed by atoms with Crippen LogP contribution < -0.4 is 10.5 Å². The van der Waals surface area contributed by atoms with Crippen LogP contribution in [0.1, 0.15) is 10.4 Å². The number of hydrogen-bond acceptors (Lipinski definition) is 4. The average molecular weight is 398 g/mol. The van der Waals surface area contributed by atoms with E-state index in [1.165, 1.54) is 24.3 Å². The lowest BCUT2D eigenvalue weighted by Gasteiger charge is -2.10. The summed E-state index contributed by atoms with van der Waals surface area (Å²) in [5.74, 6) is -0.347. The Morgan fingerprint density at radius 2 is 1.66 bits per heavy atom. The Bertz CT molecular complexity index is 1200. The molecule has 0 aliphatic rings. The van der Waals surface area contributed by atoms with Gasteiger partial charge in [-0.2, -0.15) is 0 Å². The first-order valence-corrected chi connectivity index (χ1v) is 8.41. The van der Waals surface area contributed by atoms with Crippen LogP contribution in [0.15, 0.2) is 66.9 Å². The van der Waals surface area contributed by atoms with Crippen LogP contribution in [0.3, 0.4) is 0 Å². The van der Waals surface area contributed by atoms with Crippen molar-refractivity contribution < 1.29 is 22.7 Å². The van der Waals surface area contributed by atoms with E-state index in [9.17, 15) is 18.0 Å². The SMILES string of the molecule is NC(=O)c1cccc(-c2nnc3ccc(-c4ccc(OC(F)(F)F)cc4)cn23)c1. The van der Waals surface area contributed by atoms with Crippen molar-refractivity contribution in [1.29, 1.82) is 0 Å². The largest absolute Gasteiger partial charge is 0.573 e. The van der Waals surface area contributed by atoms with E-state index < -0.39 is 12.3 Å². The number of benzene rings is 2. The van der Waals surface area contributed by atoms with Crippen LogP contribution in [-0.2, 0) is 0 Å². The summed E-state index contributed by atoms with van der Waals surface area (Å²) in [7, 11) is 0. The third-order valence-corrected chi connectivity index (χ3v) is 4.23. The lowest BCUT2D eigenvalue weighted by molar-refractivity contribution is -0.274. The van der Waals surface area contributed by atoms with Crippen molar-refractivity contribution in [2.45, 2.75) is 6.36 Å². The molecule has 0 radical (unpaired) electrons. The molecule has 2 aromatic heterocycles. The van der Waals surface area contributed by atoms with E-state index in [1.807, 2.05) is 0 Å². The van der Waals surface area contributed by atoms with E-state index in [0.717, 1.165) is 5.56 Å². The number of hydrogen-bond donors (Lipinski definition) is 1. The fourth-order valence-electron chi connectivity index (χ4n) is 2.92. The molecule has 0 saturated heterocycles. The van der Waals surface area contributed by atoms with Crippen molar-refractivity contribution in [2.75, 3.05) is 0 Å². The standard InChI is InChI=1S/C20H13F3N4O2/c21-20(22,23)29-16-7-4-12(5-8-16)15-6-9-17-25-26-19(27(17)11-15)14-3-1-2-13(10-14)18(24)28/h1-11H,(H2,24,28). The number of rotatable bonds is 4. The minimum Gasteiger partial charge on any atom is -0.406 e. The van der Waals surface area contributed by atoms with Crippen LogP contribution in [0.4, 0.5) is 13.2 Å². The van der Waals surface area contributed by atoms with Gasteiger partial charge in [-0.25, -0.2) is 0 Å². The molecule has 0 fully saturated rings. The van der Waals surface area contributed by atoms with Gasteiger partial charge in [0.2, 0.25) is 5.91 Å². The number of nitrogens with zero attached hydrogens (tertiary/aromatic N) is 3. The number of fused-ring (bicyclic) bond motifs is 1. The number of alkyl halides is 3. The number of carbonyl (C=O) groups is 1. The zero-order chi connectivity index (χ0) is 20.6. The molecule has 0 spiro atoms. The third-order valence-electron chi connectivity index (χ3n) is 4.23. The molecule has 2 N–H and O–H groups in total. The molecule has 29 heavy (non-hydrogen) atoms. The van der Waals surface area contributed by atoms with Crippen LogP contribution in [0.2, 0.25) is 0 Å². The second-order valence-corrected chi connectivity index (χ2v) is 6.19. The summed E-state index contributed by atoms with van der Waals surface area (Å²) >= 11 is 0. The van der Waals surface area contributed by atoms with Gasteiger partial charge in [-0.05, 0) is 47.5 Å². The Kier molecular flexibility index (Phi) is 4.42. The second kappa shape index (κ2) is 6.93. The summed E-state index contributed by atoms with van der Waals surface area (Å²) in [6.07, 6.45) is -2.97. The molecule has 0 aliphatic carbocycles. The van der Waals surface area contributed by atoms with Crippen molar-refractivity contribution in [1.82, 2.24) is 14.6 Å². The monoisotopic (exact) mass is 398 g/mol. The summed E-state index contributed by atoms with van der Waals surface area (Å²) < 4.78 is 42.6. The molecule has 1 amide bonds. The molecular weight excluding hydrogens is 385 g/mol. The highest BCUT2D eigenvalue weighted by molar-refractivity contribution is 5.93. The highest BCUT2D eigenvalue weighted by Crippen LogP contribution is 2.28. The van der Waals surface area contributed by atoms with E-state index in [2.05, 4.69) is 14.9 Å². The zero-order valence-electron chi connectivity index (χ0n) is 14.7. The molecule has 6 nitrogen and oxygen atoms in total. The fourth-order valence-corrected chi connectivity index (χ4v) is 2.92. The number of amides is 1. The predicted octanol–water partition coefficient (Wildman–Crippen LogP) is 4.06. The summed E-state index contributed by atoms with van der Waals surface area (Å²) in [5.41, 5.74) is 8.33. The van der Waals surface area contributed by atoms with Gasteiger partial charge in [0.1, 0.15) is 5.75 Å². The molecule has 0 atom stereocenters. The quantitative estimate of drug-likeness (QED) is 0.562. The van der Waals surface area contributed by atoms with Crippen LogP contribution >= 0.6 is 0 Å². The molecule has 0 saturated carbocycles. The van der Waals surface area contributed by atoms with E-state index in [0.29, 0.717) is 28.2 Å². The molecule has 4 rings (SSSR count). The van der Waals surface area contributed by atoms with Gasteiger partial charge in [0, 0.05) is 17.3 Å². The number of carbonyl (C=O) groups excluding carboxylic acids is 1. The predicted molar refractivity (Wildman–Crippen MR) is 99.1 cm³/mol. The minimum absolute atomic E-state index is 0.296. The summed E-state index contributed by atoms with van der Waals surface area (Å²) in [5, 5.41) is 8.28. The highest BCUT2D eigenvalue weighted by Gasteiger charge is 2.30. The molecule has 0 aliphatic heterocycles. The van der Waals surface area contributed by atoms with E-state index in [4.69, 9.17) is 5.73 Å². The first-order valence-electron chi connectivity index (χ1n) is 8.41. The van der Waals surface area contributed by atoms with Crippen LogP contribution in [0.5, 0.6) is 5.75 Å². The molecule has 146 valence electrons. The topological polar surface area (TPSA) is 82.5 Å². The van der Waals surface area contributed by atoms with Crippen molar-refractivity contribution >= 4 is 11.6 Å². The van der Waals surface area contributed by atoms with E-state index in [-0.39, 0.29) is 5.75 Å². The van der Waals surface area contributed by atoms with E-state index in [1.54, 1.807) is 47.0 Å². The Labute approximate surface area is 162 Å². The van der Waals surface area contributed by atoms with Crippen molar-refractivity contribution in [3.05, 3.63) is 72.4 Å². The lowest BCUT2D eigenvalue weighted by atomic mass is 10.1. The first-order chi connectivity index (χ1) is 13.8. The fraction of sp³-hybridized carbons (Fsp3) is 0.0500. The molecule has 2 heterocycles. The van der Waals surface area contributed by atoms with Gasteiger partial charge in [-0.3, -0.25) is 9.20 Å². The third kappa shape index (κ3) is 3.88. The number of aromatic nitrogens is 3. The van der Waals surface area contributed by atoms with Crippen molar-refractivity contribution in [3.8, 4) is 28.3 Å². The Hall–Kier alpha value is -3.88. The summed E-state index contributed by atoms with van der Waals surface area (Å²) in [6, 6.07) is 15.8. The smallest absolute Gasteiger partial charge is 0.406 e. The molecule has 9 heteroatoms. The lowest BCUT2D eigenvalue weighted by Crippen LogP contribution is -2.16. The van der Waals surface area contributed by atoms with Gasteiger partial charge < -0.3 is 10.5 Å². The Morgan fingerprint density at radius 3 is 2.34 bits per heavy atom. The Morgan fingerprint density at radius 1 is 0.931 bits per heavy atom. The molecule has 0 bridgehead atoms. The number of ether oxygens (including phenoxy) is 1. The second-order valence-electron chi connectivity index (χ2n) is 6.19. The average Bonchev–Trinajstić information content (AvgIpc) is 3.10. The maximum atomic E-state index is 12.3. The molecule has 4 aromatic rings. The van der Waals surface area contributed by atoms with Gasteiger partial charge >= 0.3 is 6.36 Å². The summed E-state index contributed by atoms with van der Waals surface area (Å²) in [4.78, 5) is 11.4. The maximum Gasteiger partial charge on any atom is 0.573 e. The summed E-state index contributed by atoms with van der Waals surface area (Å²) in [6.45, 7) is 0. The van der Waals surface area contributed by atoms with Crippen molar-refractivity contribution in [3.63, 3.8) is 0 Å². The number of pyridine rings is 1. The Balaban J connectivity index is 1.72. The minimum atomic E-state index is -4.74. The van der Waals surface area contributed by atoms with Gasteiger partial charge in [0.25, 0.3) is 0 Å². The number of nitrogens with two attached hydrogens (primary N) is 1. The molecular formula is C20H13F3N4O2. The van der Waals surface area contributed by atoms with Crippen molar-refractivity contribution in [2.24, 2.45) is 5.73 Å². The van der Waals surface area contributed by atoms with Gasteiger partial charge in [-0.15, -0.1) is 23.4 Å². The normalized spacial score (nSPS) is 11.6. The number of primary amides is 1. The molecule has 2 aromatic carbocycles. The van der Waals surface area contributed by atoms with Gasteiger partial charge in [0.15, 0.2) is 11.5 Å². The van der Waals surface area contributed by atoms with Gasteiger partial charge in [0.05, 0.1) is 0 Å². The van der Waals surface area contributed by atoms with Crippen LogP contribution in [0, 0.1) is 0 Å². The van der Waals surface area contributed by atoms with Crippen LogP contribution in [0.25, 0.3) is 28.2 Å². The molecule has 0 unspecified atom stereocenters.